The van der Waals surface area contributed by atoms with Gasteiger partial charge >= 0.3 is 0 Å². The van der Waals surface area contributed by atoms with Crippen LogP contribution in [0.15, 0.2) is 91.1 Å². The molecule has 2 heterocycles. The summed E-state index contributed by atoms with van der Waals surface area (Å²) in [5.74, 6) is 0.118. The molecule has 2 N–H and O–H groups in total. The highest BCUT2D eigenvalue weighted by molar-refractivity contribution is 7.99. The molecule has 3 aromatic carbocycles. The summed E-state index contributed by atoms with van der Waals surface area (Å²) >= 11 is 1.00. The van der Waals surface area contributed by atoms with Gasteiger partial charge in [0, 0.05) is 57.4 Å². The molecule has 3 nitrogen and oxygen atoms in total. The van der Waals surface area contributed by atoms with Gasteiger partial charge in [0.25, 0.3) is 0 Å². The summed E-state index contributed by atoms with van der Waals surface area (Å²) in [4.78, 5) is 11.7. The van der Waals surface area contributed by atoms with E-state index in [4.69, 9.17) is 0 Å². The maximum absolute atomic E-state index is 15.2. The molecule has 7 heteroatoms. The maximum atomic E-state index is 15.2. The summed E-state index contributed by atoms with van der Waals surface area (Å²) < 4.78 is 41.3. The van der Waals surface area contributed by atoms with E-state index in [0.717, 1.165) is 52.6 Å². The van der Waals surface area contributed by atoms with Crippen molar-refractivity contribution in [2.24, 2.45) is 0 Å². The number of H-pyrrole nitrogens is 2. The third-order valence-corrected chi connectivity index (χ3v) is 8.02. The Hall–Kier alpha value is -3.71. The lowest BCUT2D eigenvalue weighted by Gasteiger charge is -2.13. The maximum Gasteiger partial charge on any atom is 0.247 e. The number of aryl methyl sites for hydroxylation is 1. The van der Waals surface area contributed by atoms with Crippen LogP contribution in [0.25, 0.3) is 22.3 Å². The molecule has 0 amide bonds. The van der Waals surface area contributed by atoms with Crippen LogP contribution in [0.2, 0.25) is 0 Å². The van der Waals surface area contributed by atoms with Gasteiger partial charge in [0.2, 0.25) is 6.43 Å². The number of aromatic nitrogens is 3. The number of nitrogens with one attached hydrogen (secondary N) is 2. The zero-order chi connectivity index (χ0) is 28.6. The number of rotatable bonds is 10. The first-order chi connectivity index (χ1) is 19.4. The Labute approximate surface area is 238 Å². The number of hydrogen-bond acceptors (Lipinski definition) is 2. The van der Waals surface area contributed by atoms with Crippen LogP contribution in [0.3, 0.4) is 0 Å². The molecule has 0 fully saturated rings. The summed E-state index contributed by atoms with van der Waals surface area (Å²) in [7, 11) is 0. The summed E-state index contributed by atoms with van der Waals surface area (Å²) in [6.07, 6.45) is 3.56. The average molecular weight is 562 g/mol. The van der Waals surface area contributed by atoms with E-state index in [1.807, 2.05) is 36.5 Å². The van der Waals surface area contributed by atoms with Crippen LogP contribution in [0.1, 0.15) is 54.1 Å². The normalized spacial score (nSPS) is 11.9. The summed E-state index contributed by atoms with van der Waals surface area (Å²) in [6.45, 7) is 10.3. The number of thioether (sulfide) groups is 1. The third kappa shape index (κ3) is 6.70. The lowest BCUT2D eigenvalue weighted by molar-refractivity contribution is 0.177. The van der Waals surface area contributed by atoms with Crippen LogP contribution in [0, 0.1) is 5.82 Å². The number of aromatic amines is 2. The van der Waals surface area contributed by atoms with E-state index in [2.05, 4.69) is 66.2 Å². The fraction of sp³-hybridized carbons (Fsp3) is 0.242. The Morgan fingerprint density at radius 2 is 1.77 bits per heavy atom. The molecular formula is C33H34F3N3S. The van der Waals surface area contributed by atoms with E-state index < -0.39 is 12.2 Å². The number of fused-ring (bicyclic) bond motifs is 1. The summed E-state index contributed by atoms with van der Waals surface area (Å²) in [6, 6.07) is 19.7. The van der Waals surface area contributed by atoms with Gasteiger partial charge < -0.3 is 9.97 Å². The molecule has 0 spiro atoms. The monoisotopic (exact) mass is 561 g/mol. The Balaban J connectivity index is 0.00000181. The van der Waals surface area contributed by atoms with Crippen LogP contribution in [-0.4, -0.2) is 27.1 Å². The zero-order valence-electron chi connectivity index (χ0n) is 22.8. The van der Waals surface area contributed by atoms with Crippen LogP contribution < -0.4 is 0 Å². The molecule has 5 aromatic rings. The molecule has 0 bridgehead atoms. The molecule has 0 saturated heterocycles. The second kappa shape index (κ2) is 13.6. The Bertz CT molecular complexity index is 1560. The van der Waals surface area contributed by atoms with Crippen molar-refractivity contribution in [2.45, 2.75) is 50.3 Å². The highest BCUT2D eigenvalue weighted by Gasteiger charge is 2.18. The molecular weight excluding hydrogens is 527 g/mol. The molecule has 0 aliphatic rings. The lowest BCUT2D eigenvalue weighted by atomic mass is 9.95. The van der Waals surface area contributed by atoms with Gasteiger partial charge in [0.05, 0.1) is 5.75 Å². The number of alkyl halides is 2. The van der Waals surface area contributed by atoms with Crippen LogP contribution in [0.4, 0.5) is 13.2 Å². The van der Waals surface area contributed by atoms with E-state index in [1.165, 1.54) is 17.2 Å². The number of benzene rings is 3. The minimum atomic E-state index is -2.47. The molecule has 2 aromatic heterocycles. The van der Waals surface area contributed by atoms with E-state index >= 15 is 4.39 Å². The van der Waals surface area contributed by atoms with Crippen molar-refractivity contribution in [3.05, 3.63) is 120 Å². The Morgan fingerprint density at radius 1 is 1.00 bits per heavy atom. The molecule has 0 saturated carbocycles. The molecule has 1 atom stereocenters. The molecule has 208 valence electrons. The van der Waals surface area contributed by atoms with Crippen molar-refractivity contribution in [3.8, 4) is 11.4 Å². The second-order valence-electron chi connectivity index (χ2n) is 9.59. The zero-order valence-corrected chi connectivity index (χ0v) is 23.6. The predicted molar refractivity (Wildman–Crippen MR) is 161 cm³/mol. The van der Waals surface area contributed by atoms with Crippen molar-refractivity contribution in [3.63, 3.8) is 0 Å². The van der Waals surface area contributed by atoms with Gasteiger partial charge in [-0.25, -0.2) is 18.2 Å². The fourth-order valence-electron chi connectivity index (χ4n) is 4.88. The van der Waals surface area contributed by atoms with Gasteiger partial charge in [-0.05, 0) is 41.3 Å². The average Bonchev–Trinajstić information content (AvgIpc) is 3.64. The lowest BCUT2D eigenvalue weighted by Crippen LogP contribution is -2.00. The SMILES string of the molecule is C=C.CCCc1cccc(C(C)c2cnc(-c3cccc(Cc4c(F)cc5[nH]ccc5c4SCC(F)F)c3)[nH]2)c1. The first-order valence-corrected chi connectivity index (χ1v) is 14.3. The van der Waals surface area contributed by atoms with Crippen LogP contribution in [0.5, 0.6) is 0 Å². The van der Waals surface area contributed by atoms with E-state index in [1.54, 1.807) is 6.20 Å². The van der Waals surface area contributed by atoms with Gasteiger partial charge in [0.15, 0.2) is 0 Å². The number of nitrogens with zero attached hydrogens (tertiary/aromatic N) is 1. The van der Waals surface area contributed by atoms with Crippen molar-refractivity contribution in [1.82, 2.24) is 15.0 Å². The molecule has 40 heavy (non-hydrogen) atoms. The first-order valence-electron chi connectivity index (χ1n) is 13.4. The van der Waals surface area contributed by atoms with Gasteiger partial charge in [-0.15, -0.1) is 24.9 Å². The van der Waals surface area contributed by atoms with Gasteiger partial charge in [0.1, 0.15) is 11.6 Å². The predicted octanol–water partition coefficient (Wildman–Crippen LogP) is 9.55. The molecule has 0 aliphatic heterocycles. The summed E-state index contributed by atoms with van der Waals surface area (Å²) in [5.41, 5.74) is 6.41. The largest absolute Gasteiger partial charge is 0.361 e. The Morgan fingerprint density at radius 3 is 2.55 bits per heavy atom. The summed E-state index contributed by atoms with van der Waals surface area (Å²) in [5, 5.41) is 0.760. The minimum Gasteiger partial charge on any atom is -0.361 e. The van der Waals surface area contributed by atoms with Gasteiger partial charge in [-0.2, -0.15) is 0 Å². The van der Waals surface area contributed by atoms with E-state index in [-0.39, 0.29) is 11.7 Å². The van der Waals surface area contributed by atoms with Gasteiger partial charge in [-0.1, -0.05) is 62.7 Å². The minimum absolute atomic E-state index is 0.160. The molecule has 1 unspecified atom stereocenters. The molecule has 0 radical (unpaired) electrons. The fourth-order valence-corrected chi connectivity index (χ4v) is 5.85. The Kier molecular flexibility index (Phi) is 9.93. The second-order valence-corrected chi connectivity index (χ2v) is 10.6. The molecule has 5 rings (SSSR count). The highest BCUT2D eigenvalue weighted by atomic mass is 32.2. The topological polar surface area (TPSA) is 44.5 Å². The van der Waals surface area contributed by atoms with Crippen LogP contribution >= 0.6 is 11.8 Å². The van der Waals surface area contributed by atoms with Crippen molar-refractivity contribution in [1.29, 1.82) is 0 Å². The number of imidazole rings is 1. The van der Waals surface area contributed by atoms with Crippen LogP contribution in [-0.2, 0) is 12.8 Å². The first kappa shape index (κ1) is 29.3. The van der Waals surface area contributed by atoms with E-state index in [0.29, 0.717) is 22.4 Å². The quantitative estimate of drug-likeness (QED) is 0.132. The standard InChI is InChI=1S/C31H30F3N3S.C2H4/c1-3-6-20-7-4-9-22(13-20)19(2)28-17-36-31(37-28)23-10-5-8-21(14-23)15-25-26(32)16-27-24(11-12-35-27)30(25)38-18-29(33)34;1-2/h4-5,7-14,16-17,19,29,35H,3,6,15,18H2,1-2H3,(H,36,37);1-2H2. The molecule has 0 aliphatic carbocycles. The van der Waals surface area contributed by atoms with E-state index in [9.17, 15) is 8.78 Å². The highest BCUT2D eigenvalue weighted by Crippen LogP contribution is 2.36. The van der Waals surface area contributed by atoms with Crippen molar-refractivity contribution < 1.29 is 13.2 Å². The number of hydrogen-bond donors (Lipinski definition) is 2. The van der Waals surface area contributed by atoms with Gasteiger partial charge in [-0.3, -0.25) is 0 Å². The van der Waals surface area contributed by atoms with Crippen molar-refractivity contribution >= 4 is 22.7 Å². The number of halogens is 3. The smallest absolute Gasteiger partial charge is 0.247 e. The van der Waals surface area contributed by atoms with Crippen molar-refractivity contribution in [2.75, 3.05) is 5.75 Å². The third-order valence-electron chi connectivity index (χ3n) is 6.84.